The van der Waals surface area contributed by atoms with Gasteiger partial charge in [0.2, 0.25) is 0 Å². The minimum Gasteiger partial charge on any atom is -0.319 e. The zero-order chi connectivity index (χ0) is 10.0. The average Bonchev–Trinajstić information content (AvgIpc) is 2.03. The zero-order valence-electron chi connectivity index (χ0n) is 7.72. The standard InChI is InChI=1S/C10H13F2N/c1-6-4-3-5-7(2)8(6)9(13)10(11)12/h3-5,9-10H,13H2,1-2H3. The van der Waals surface area contributed by atoms with E-state index in [-0.39, 0.29) is 0 Å². The van der Waals surface area contributed by atoms with E-state index >= 15 is 0 Å². The number of alkyl halides is 2. The van der Waals surface area contributed by atoms with Crippen molar-refractivity contribution in [2.45, 2.75) is 26.3 Å². The predicted octanol–water partition coefficient (Wildman–Crippen LogP) is 2.57. The molecule has 0 saturated carbocycles. The Kier molecular flexibility index (Phi) is 2.98. The monoisotopic (exact) mass is 185 g/mol. The highest BCUT2D eigenvalue weighted by Gasteiger charge is 2.20. The van der Waals surface area contributed by atoms with E-state index in [4.69, 9.17) is 5.73 Å². The predicted molar refractivity (Wildman–Crippen MR) is 48.8 cm³/mol. The maximum absolute atomic E-state index is 12.3. The van der Waals surface area contributed by atoms with Crippen LogP contribution >= 0.6 is 0 Å². The van der Waals surface area contributed by atoms with E-state index in [0.29, 0.717) is 5.56 Å². The summed E-state index contributed by atoms with van der Waals surface area (Å²) in [5, 5.41) is 0. The zero-order valence-corrected chi connectivity index (χ0v) is 7.72. The number of aryl methyl sites for hydroxylation is 2. The van der Waals surface area contributed by atoms with Gasteiger partial charge in [-0.05, 0) is 30.5 Å². The number of hydrogen-bond acceptors (Lipinski definition) is 1. The molecule has 0 aliphatic carbocycles. The highest BCUT2D eigenvalue weighted by Crippen LogP contribution is 2.24. The summed E-state index contributed by atoms with van der Waals surface area (Å²) in [6.07, 6.45) is -2.50. The molecule has 1 rings (SSSR count). The summed E-state index contributed by atoms with van der Waals surface area (Å²) in [7, 11) is 0. The van der Waals surface area contributed by atoms with Gasteiger partial charge in [0.25, 0.3) is 6.43 Å². The highest BCUT2D eigenvalue weighted by molar-refractivity contribution is 5.36. The molecule has 2 N–H and O–H groups in total. The van der Waals surface area contributed by atoms with Gasteiger partial charge in [-0.25, -0.2) is 8.78 Å². The fourth-order valence-corrected chi connectivity index (χ4v) is 1.48. The first kappa shape index (κ1) is 10.1. The molecule has 1 atom stereocenters. The Hall–Kier alpha value is -0.960. The second kappa shape index (κ2) is 3.83. The van der Waals surface area contributed by atoms with Gasteiger partial charge in [0.1, 0.15) is 0 Å². The molecule has 1 aromatic carbocycles. The summed E-state index contributed by atoms with van der Waals surface area (Å²) in [5.74, 6) is 0. The van der Waals surface area contributed by atoms with Gasteiger partial charge in [-0.3, -0.25) is 0 Å². The largest absolute Gasteiger partial charge is 0.319 e. The van der Waals surface area contributed by atoms with Crippen LogP contribution < -0.4 is 5.73 Å². The van der Waals surface area contributed by atoms with Crippen molar-refractivity contribution in [1.29, 1.82) is 0 Å². The molecule has 0 spiro atoms. The van der Waals surface area contributed by atoms with Crippen molar-refractivity contribution in [3.63, 3.8) is 0 Å². The Morgan fingerprint density at radius 2 is 1.62 bits per heavy atom. The van der Waals surface area contributed by atoms with Crippen LogP contribution in [0.25, 0.3) is 0 Å². The molecule has 0 amide bonds. The van der Waals surface area contributed by atoms with Crippen LogP contribution in [0.2, 0.25) is 0 Å². The molecule has 0 saturated heterocycles. The van der Waals surface area contributed by atoms with Gasteiger partial charge in [0, 0.05) is 0 Å². The molecule has 0 bridgehead atoms. The van der Waals surface area contributed by atoms with Crippen molar-refractivity contribution in [1.82, 2.24) is 0 Å². The highest BCUT2D eigenvalue weighted by atomic mass is 19.3. The maximum Gasteiger partial charge on any atom is 0.257 e. The lowest BCUT2D eigenvalue weighted by Gasteiger charge is -2.16. The third-order valence-electron chi connectivity index (χ3n) is 2.15. The van der Waals surface area contributed by atoms with E-state index in [9.17, 15) is 8.78 Å². The molecule has 0 heterocycles. The lowest BCUT2D eigenvalue weighted by Crippen LogP contribution is -2.21. The van der Waals surface area contributed by atoms with Crippen molar-refractivity contribution in [2.24, 2.45) is 5.73 Å². The second-order valence-corrected chi connectivity index (χ2v) is 3.17. The molecule has 1 nitrogen and oxygen atoms in total. The van der Waals surface area contributed by atoms with Crippen LogP contribution in [0, 0.1) is 13.8 Å². The van der Waals surface area contributed by atoms with Gasteiger partial charge in [-0.2, -0.15) is 0 Å². The smallest absolute Gasteiger partial charge is 0.257 e. The van der Waals surface area contributed by atoms with E-state index < -0.39 is 12.5 Å². The third-order valence-corrected chi connectivity index (χ3v) is 2.15. The Balaban J connectivity index is 3.12. The Morgan fingerprint density at radius 1 is 1.15 bits per heavy atom. The van der Waals surface area contributed by atoms with Crippen LogP contribution in [0.3, 0.4) is 0 Å². The first-order valence-electron chi connectivity index (χ1n) is 4.14. The van der Waals surface area contributed by atoms with Crippen LogP contribution in [-0.4, -0.2) is 6.43 Å². The summed E-state index contributed by atoms with van der Waals surface area (Å²) >= 11 is 0. The van der Waals surface area contributed by atoms with Gasteiger partial charge in [0.05, 0.1) is 6.04 Å². The first-order chi connectivity index (χ1) is 6.04. The molecule has 0 aliphatic rings. The van der Waals surface area contributed by atoms with Gasteiger partial charge in [-0.15, -0.1) is 0 Å². The number of benzene rings is 1. The van der Waals surface area contributed by atoms with Crippen molar-refractivity contribution >= 4 is 0 Å². The lowest BCUT2D eigenvalue weighted by molar-refractivity contribution is 0.116. The molecule has 1 aromatic rings. The molecular formula is C10H13F2N. The minimum absolute atomic E-state index is 0.567. The summed E-state index contributed by atoms with van der Waals surface area (Å²) in [6.45, 7) is 3.59. The van der Waals surface area contributed by atoms with Gasteiger partial charge in [-0.1, -0.05) is 18.2 Å². The Labute approximate surface area is 76.6 Å². The molecule has 0 aliphatic heterocycles. The Bertz CT molecular complexity index is 277. The molecule has 0 radical (unpaired) electrons. The molecular weight excluding hydrogens is 172 g/mol. The van der Waals surface area contributed by atoms with Crippen LogP contribution in [-0.2, 0) is 0 Å². The molecule has 72 valence electrons. The summed E-state index contributed by atoms with van der Waals surface area (Å²) < 4.78 is 24.7. The number of halogens is 2. The molecule has 0 fully saturated rings. The Morgan fingerprint density at radius 3 is 2.00 bits per heavy atom. The van der Waals surface area contributed by atoms with Crippen LogP contribution in [0.4, 0.5) is 8.78 Å². The van der Waals surface area contributed by atoms with Gasteiger partial charge < -0.3 is 5.73 Å². The van der Waals surface area contributed by atoms with E-state index in [1.807, 2.05) is 6.07 Å². The van der Waals surface area contributed by atoms with E-state index in [1.165, 1.54) is 0 Å². The molecule has 3 heteroatoms. The SMILES string of the molecule is Cc1cccc(C)c1C(N)C(F)F. The van der Waals surface area contributed by atoms with E-state index in [2.05, 4.69) is 0 Å². The van der Waals surface area contributed by atoms with E-state index in [0.717, 1.165) is 11.1 Å². The third kappa shape index (κ3) is 2.04. The van der Waals surface area contributed by atoms with Crippen LogP contribution in [0.5, 0.6) is 0 Å². The first-order valence-corrected chi connectivity index (χ1v) is 4.14. The number of hydrogen-bond donors (Lipinski definition) is 1. The minimum atomic E-state index is -2.50. The fourth-order valence-electron chi connectivity index (χ4n) is 1.48. The van der Waals surface area contributed by atoms with Crippen LogP contribution in [0.1, 0.15) is 22.7 Å². The lowest BCUT2D eigenvalue weighted by atomic mass is 9.97. The number of rotatable bonds is 2. The second-order valence-electron chi connectivity index (χ2n) is 3.17. The molecule has 0 aromatic heterocycles. The van der Waals surface area contributed by atoms with Gasteiger partial charge >= 0.3 is 0 Å². The maximum atomic E-state index is 12.3. The topological polar surface area (TPSA) is 26.0 Å². The quantitative estimate of drug-likeness (QED) is 0.752. The van der Waals surface area contributed by atoms with Crippen molar-refractivity contribution in [3.05, 3.63) is 34.9 Å². The van der Waals surface area contributed by atoms with Gasteiger partial charge in [0.15, 0.2) is 0 Å². The van der Waals surface area contributed by atoms with Crippen molar-refractivity contribution < 1.29 is 8.78 Å². The average molecular weight is 185 g/mol. The molecule has 13 heavy (non-hydrogen) atoms. The van der Waals surface area contributed by atoms with E-state index in [1.54, 1.807) is 26.0 Å². The molecule has 1 unspecified atom stereocenters. The summed E-state index contributed by atoms with van der Waals surface area (Å²) in [4.78, 5) is 0. The fraction of sp³-hybridized carbons (Fsp3) is 0.400. The normalized spacial score (nSPS) is 13.4. The van der Waals surface area contributed by atoms with Crippen molar-refractivity contribution in [2.75, 3.05) is 0 Å². The number of nitrogens with two attached hydrogens (primary N) is 1. The van der Waals surface area contributed by atoms with Crippen LogP contribution in [0.15, 0.2) is 18.2 Å². The summed E-state index contributed by atoms with van der Waals surface area (Å²) in [5.41, 5.74) is 7.61. The summed E-state index contributed by atoms with van der Waals surface area (Å²) in [6, 6.07) is 4.27. The van der Waals surface area contributed by atoms with Crippen molar-refractivity contribution in [3.8, 4) is 0 Å².